The van der Waals surface area contributed by atoms with Crippen LogP contribution in [-0.4, -0.2) is 42.2 Å². The highest BCUT2D eigenvalue weighted by atomic mass is 16.5. The first-order valence-electron chi connectivity index (χ1n) is 18.0. The molecule has 2 aliphatic rings. The zero-order valence-corrected chi connectivity index (χ0v) is 28.6. The highest BCUT2D eigenvalue weighted by Gasteiger charge is 2.37. The molecular formula is C43H40N2O5. The molecule has 6 aromatic carbocycles. The summed E-state index contributed by atoms with van der Waals surface area (Å²) in [6, 6.07) is 21.9. The minimum atomic E-state index is -0.383. The largest absolute Gasteiger partial charge is 0.497 e. The summed E-state index contributed by atoms with van der Waals surface area (Å²) < 4.78 is 5.27. The third kappa shape index (κ3) is 4.93. The molecule has 0 aromatic heterocycles. The Hall–Kier alpha value is -5.30. The van der Waals surface area contributed by atoms with Crippen LogP contribution in [0.2, 0.25) is 0 Å². The maximum Gasteiger partial charge on any atom is 0.265 e. The van der Waals surface area contributed by atoms with Gasteiger partial charge >= 0.3 is 0 Å². The minimum absolute atomic E-state index is 0.243. The van der Waals surface area contributed by atoms with Gasteiger partial charge < -0.3 is 4.74 Å². The van der Waals surface area contributed by atoms with E-state index in [1.807, 2.05) is 36.4 Å². The summed E-state index contributed by atoms with van der Waals surface area (Å²) in [5.74, 6) is -0.619. The van der Waals surface area contributed by atoms with Crippen molar-refractivity contribution in [3.63, 3.8) is 0 Å². The molecule has 2 aliphatic heterocycles. The standard InChI is InChI=1S/C43H40N2O5/c1-3-4-5-6-7-8-9-10-11-12-25-44-40(46)32-21-17-28-30-19-23-34-39-35(43(49)45(42(34)48)26-13-15-27(50-2)16-14-26)24-20-31(37(30)39)29-18-22-33(41(44)47)38(32)36(28)29/h13-24H,3-12,25H2,1-2H3. The highest BCUT2D eigenvalue weighted by Crippen LogP contribution is 2.46. The number of imide groups is 2. The number of carbonyl (C=O) groups excluding carboxylic acids is 4. The smallest absolute Gasteiger partial charge is 0.265 e. The number of methoxy groups -OCH3 is 1. The highest BCUT2D eigenvalue weighted by molar-refractivity contribution is 6.43. The van der Waals surface area contributed by atoms with Gasteiger partial charge in [-0.05, 0) is 87.3 Å². The van der Waals surface area contributed by atoms with Crippen LogP contribution in [0.25, 0.3) is 43.1 Å². The Balaban J connectivity index is 1.12. The van der Waals surface area contributed by atoms with E-state index in [1.54, 1.807) is 43.5 Å². The van der Waals surface area contributed by atoms with E-state index < -0.39 is 0 Å². The minimum Gasteiger partial charge on any atom is -0.497 e. The summed E-state index contributed by atoms with van der Waals surface area (Å²) >= 11 is 0. The van der Waals surface area contributed by atoms with E-state index in [9.17, 15) is 19.2 Å². The maximum absolute atomic E-state index is 14.0. The normalized spacial score (nSPS) is 14.4. The van der Waals surface area contributed by atoms with Crippen molar-refractivity contribution < 1.29 is 23.9 Å². The van der Waals surface area contributed by atoms with Crippen LogP contribution in [0.3, 0.4) is 0 Å². The lowest BCUT2D eigenvalue weighted by Crippen LogP contribution is -2.41. The molecule has 0 unspecified atom stereocenters. The summed E-state index contributed by atoms with van der Waals surface area (Å²) in [7, 11) is 1.57. The van der Waals surface area contributed by atoms with E-state index in [4.69, 9.17) is 4.74 Å². The molecule has 0 saturated heterocycles. The number of amides is 4. The van der Waals surface area contributed by atoms with Crippen LogP contribution < -0.4 is 9.64 Å². The first kappa shape index (κ1) is 31.9. The van der Waals surface area contributed by atoms with Gasteiger partial charge in [-0.1, -0.05) is 89.0 Å². The summed E-state index contributed by atoms with van der Waals surface area (Å²) in [5, 5.41) is 6.55. The average molecular weight is 665 g/mol. The number of rotatable bonds is 13. The summed E-state index contributed by atoms with van der Waals surface area (Å²) in [5.41, 5.74) is 2.47. The molecule has 2 heterocycles. The van der Waals surface area contributed by atoms with E-state index in [0.29, 0.717) is 51.0 Å². The lowest BCUT2D eigenvalue weighted by atomic mass is 9.82. The van der Waals surface area contributed by atoms with Gasteiger partial charge in [0.15, 0.2) is 0 Å². The van der Waals surface area contributed by atoms with Crippen molar-refractivity contribution in [1.82, 2.24) is 4.90 Å². The molecule has 0 radical (unpaired) electrons. The number of nitrogens with zero attached hydrogens (tertiary/aromatic N) is 2. The number of hydrogen-bond donors (Lipinski definition) is 0. The number of benzene rings is 6. The number of fused-ring (bicyclic) bond motifs is 2. The monoisotopic (exact) mass is 664 g/mol. The molecule has 0 N–H and O–H groups in total. The fraction of sp³-hybridized carbons (Fsp3) is 0.302. The molecule has 0 fully saturated rings. The van der Waals surface area contributed by atoms with Gasteiger partial charge in [0.1, 0.15) is 5.75 Å². The zero-order valence-electron chi connectivity index (χ0n) is 28.6. The van der Waals surface area contributed by atoms with E-state index in [2.05, 4.69) is 6.92 Å². The SMILES string of the molecule is CCCCCCCCCCCCN1C(=O)c2ccc3c4ccc5c6c(ccc(c7ccc(c2c37)C1=O)c64)C(=O)N(c1ccc(OC)cc1)C5=O. The van der Waals surface area contributed by atoms with Crippen molar-refractivity contribution in [3.8, 4) is 5.75 Å². The van der Waals surface area contributed by atoms with Crippen molar-refractivity contribution in [3.05, 3.63) is 95.1 Å². The van der Waals surface area contributed by atoms with Crippen LogP contribution >= 0.6 is 0 Å². The Morgan fingerprint density at radius 1 is 0.460 bits per heavy atom. The van der Waals surface area contributed by atoms with Gasteiger partial charge in [-0.15, -0.1) is 0 Å². The van der Waals surface area contributed by atoms with Crippen molar-refractivity contribution in [2.75, 3.05) is 18.6 Å². The molecule has 8 rings (SSSR count). The van der Waals surface area contributed by atoms with Crippen LogP contribution in [0.1, 0.15) is 113 Å². The van der Waals surface area contributed by atoms with Gasteiger partial charge in [0.05, 0.1) is 12.8 Å². The van der Waals surface area contributed by atoms with Gasteiger partial charge in [0, 0.05) is 39.6 Å². The van der Waals surface area contributed by atoms with Crippen molar-refractivity contribution in [2.24, 2.45) is 0 Å². The maximum atomic E-state index is 14.0. The number of anilines is 1. The van der Waals surface area contributed by atoms with E-state index >= 15 is 0 Å². The topological polar surface area (TPSA) is 84.0 Å². The molecule has 4 amide bonds. The van der Waals surface area contributed by atoms with Crippen LogP contribution in [0.15, 0.2) is 72.8 Å². The first-order chi connectivity index (χ1) is 24.4. The Morgan fingerprint density at radius 2 is 0.860 bits per heavy atom. The molecule has 0 aliphatic carbocycles. The van der Waals surface area contributed by atoms with Crippen LogP contribution in [0, 0.1) is 0 Å². The van der Waals surface area contributed by atoms with Gasteiger partial charge in [0.25, 0.3) is 23.6 Å². The molecule has 252 valence electrons. The Kier molecular flexibility index (Phi) is 8.22. The van der Waals surface area contributed by atoms with Crippen LogP contribution in [0.5, 0.6) is 5.75 Å². The van der Waals surface area contributed by atoms with Crippen LogP contribution in [-0.2, 0) is 0 Å². The predicted octanol–water partition coefficient (Wildman–Crippen LogP) is 10.1. The number of ether oxygens (including phenoxy) is 1. The summed E-state index contributed by atoms with van der Waals surface area (Å²) in [4.78, 5) is 58.3. The second-order valence-electron chi connectivity index (χ2n) is 13.7. The molecule has 0 atom stereocenters. The summed E-state index contributed by atoms with van der Waals surface area (Å²) in [6.07, 6.45) is 11.9. The quantitative estimate of drug-likeness (QED) is 0.0531. The lowest BCUT2D eigenvalue weighted by Gasteiger charge is -2.30. The van der Waals surface area contributed by atoms with Gasteiger partial charge in [-0.2, -0.15) is 0 Å². The second-order valence-corrected chi connectivity index (χ2v) is 13.7. The molecule has 7 nitrogen and oxygen atoms in total. The lowest BCUT2D eigenvalue weighted by molar-refractivity contribution is 0.0607. The molecule has 6 aromatic rings. The molecule has 0 bridgehead atoms. The molecule has 7 heteroatoms. The van der Waals surface area contributed by atoms with E-state index in [1.165, 1.54) is 54.7 Å². The van der Waals surface area contributed by atoms with Gasteiger partial charge in [-0.3, -0.25) is 24.1 Å². The second kappa shape index (κ2) is 12.9. The fourth-order valence-electron chi connectivity index (χ4n) is 8.24. The van der Waals surface area contributed by atoms with Crippen LogP contribution in [0.4, 0.5) is 5.69 Å². The Bertz CT molecular complexity index is 2220. The van der Waals surface area contributed by atoms with Crippen molar-refractivity contribution in [1.29, 1.82) is 0 Å². The number of carbonyl (C=O) groups is 4. The fourth-order valence-corrected chi connectivity index (χ4v) is 8.24. The van der Waals surface area contributed by atoms with E-state index in [-0.39, 0.29) is 23.6 Å². The summed E-state index contributed by atoms with van der Waals surface area (Å²) in [6.45, 7) is 2.66. The first-order valence-corrected chi connectivity index (χ1v) is 18.0. The van der Waals surface area contributed by atoms with Crippen molar-refractivity contribution in [2.45, 2.75) is 71.1 Å². The number of unbranched alkanes of at least 4 members (excludes halogenated alkanes) is 9. The Morgan fingerprint density at radius 3 is 1.28 bits per heavy atom. The predicted molar refractivity (Wildman–Crippen MR) is 199 cm³/mol. The van der Waals surface area contributed by atoms with Crippen molar-refractivity contribution >= 4 is 72.4 Å². The molecule has 0 saturated carbocycles. The number of hydrogen-bond acceptors (Lipinski definition) is 5. The average Bonchev–Trinajstić information content (AvgIpc) is 3.14. The third-order valence-electron chi connectivity index (χ3n) is 10.8. The van der Waals surface area contributed by atoms with Gasteiger partial charge in [0.2, 0.25) is 0 Å². The van der Waals surface area contributed by atoms with Gasteiger partial charge in [-0.25, -0.2) is 4.90 Å². The molecular weight excluding hydrogens is 624 g/mol. The third-order valence-corrected chi connectivity index (χ3v) is 10.8. The molecule has 50 heavy (non-hydrogen) atoms. The van der Waals surface area contributed by atoms with E-state index in [0.717, 1.165) is 51.6 Å². The Labute approximate surface area is 291 Å². The molecule has 0 spiro atoms. The zero-order chi connectivity index (χ0) is 34.5.